The molecule has 0 unspecified atom stereocenters. The summed E-state index contributed by atoms with van der Waals surface area (Å²) >= 11 is 6.25. The van der Waals surface area contributed by atoms with Crippen molar-refractivity contribution in [3.05, 3.63) is 59.4 Å². The zero-order valence-corrected chi connectivity index (χ0v) is 14.2. The van der Waals surface area contributed by atoms with Crippen molar-refractivity contribution in [1.29, 1.82) is 0 Å². The average Bonchev–Trinajstić information content (AvgIpc) is 3.26. The van der Waals surface area contributed by atoms with Crippen LogP contribution in [0.25, 0.3) is 32.9 Å². The zero-order chi connectivity index (χ0) is 17.4. The molecule has 0 spiro atoms. The van der Waals surface area contributed by atoms with Gasteiger partial charge in [-0.2, -0.15) is 0 Å². The van der Waals surface area contributed by atoms with Crippen molar-refractivity contribution in [2.45, 2.75) is 0 Å². The van der Waals surface area contributed by atoms with Crippen LogP contribution in [0.5, 0.6) is 0 Å². The second kappa shape index (κ2) is 6.27. The molecule has 6 heteroatoms. The maximum atomic E-state index is 12.1. The third kappa shape index (κ3) is 2.77. The van der Waals surface area contributed by atoms with E-state index >= 15 is 0 Å². The summed E-state index contributed by atoms with van der Waals surface area (Å²) in [6, 6.07) is 11.5. The highest BCUT2D eigenvalue weighted by molar-refractivity contribution is 6.36. The fraction of sp³-hybridized carbons (Fsp3) is 0.105. The minimum absolute atomic E-state index is 0.116. The number of H-pyrrole nitrogens is 2. The van der Waals surface area contributed by atoms with Gasteiger partial charge in [-0.1, -0.05) is 17.7 Å². The molecule has 2 aromatic heterocycles. The monoisotopic (exact) mass is 352 g/mol. The molecule has 2 aromatic carbocycles. The Bertz CT molecular complexity index is 1080. The quantitative estimate of drug-likeness (QED) is 0.451. The van der Waals surface area contributed by atoms with E-state index in [2.05, 4.69) is 15.3 Å². The van der Waals surface area contributed by atoms with Gasteiger partial charge in [0.1, 0.15) is 0 Å². The molecule has 0 aliphatic heterocycles. The van der Waals surface area contributed by atoms with Crippen molar-refractivity contribution in [2.75, 3.05) is 13.1 Å². The number of hydrogen-bond donors (Lipinski definition) is 4. The number of aromatic nitrogens is 2. The molecule has 1 amide bonds. The molecule has 0 atom stereocenters. The normalized spacial score (nSPS) is 11.3. The van der Waals surface area contributed by atoms with Gasteiger partial charge in [0, 0.05) is 69.0 Å². The van der Waals surface area contributed by atoms with Gasteiger partial charge in [0.15, 0.2) is 0 Å². The first-order valence-corrected chi connectivity index (χ1v) is 8.41. The Morgan fingerprint density at radius 2 is 1.96 bits per heavy atom. The van der Waals surface area contributed by atoms with Gasteiger partial charge in [-0.25, -0.2) is 0 Å². The number of hydrogen-bond acceptors (Lipinski definition) is 2. The first-order valence-electron chi connectivity index (χ1n) is 8.04. The van der Waals surface area contributed by atoms with E-state index in [1.165, 1.54) is 0 Å². The maximum absolute atomic E-state index is 12.1. The molecule has 5 nitrogen and oxygen atoms in total. The Kier molecular flexibility index (Phi) is 3.95. The van der Waals surface area contributed by atoms with Gasteiger partial charge in [-0.05, 0) is 30.3 Å². The molecule has 0 radical (unpaired) electrons. The van der Waals surface area contributed by atoms with Gasteiger partial charge in [0.2, 0.25) is 0 Å². The number of rotatable bonds is 4. The number of fused-ring (bicyclic) bond motifs is 2. The lowest BCUT2D eigenvalue weighted by molar-refractivity contribution is 0.0955. The highest BCUT2D eigenvalue weighted by Crippen LogP contribution is 2.34. The van der Waals surface area contributed by atoms with E-state index in [9.17, 15) is 4.79 Å². The smallest absolute Gasteiger partial charge is 0.251 e. The molecule has 25 heavy (non-hydrogen) atoms. The Labute approximate surface area is 149 Å². The molecule has 0 bridgehead atoms. The second-order valence-electron chi connectivity index (χ2n) is 5.91. The number of amides is 1. The molecule has 126 valence electrons. The molecular formula is C19H17ClN4O. The van der Waals surface area contributed by atoms with Crippen LogP contribution in [0.2, 0.25) is 5.02 Å². The van der Waals surface area contributed by atoms with E-state index in [1.54, 1.807) is 0 Å². The fourth-order valence-electron chi connectivity index (χ4n) is 3.06. The molecule has 4 aromatic rings. The first kappa shape index (κ1) is 15.7. The van der Waals surface area contributed by atoms with Crippen LogP contribution in [-0.2, 0) is 0 Å². The average molecular weight is 353 g/mol. The molecule has 4 rings (SSSR count). The highest BCUT2D eigenvalue weighted by atomic mass is 35.5. The van der Waals surface area contributed by atoms with Crippen LogP contribution in [-0.4, -0.2) is 29.0 Å². The third-order valence-electron chi connectivity index (χ3n) is 4.29. The number of benzene rings is 2. The van der Waals surface area contributed by atoms with Crippen LogP contribution in [0.3, 0.4) is 0 Å². The Morgan fingerprint density at radius 1 is 1.12 bits per heavy atom. The van der Waals surface area contributed by atoms with Crippen LogP contribution < -0.4 is 11.1 Å². The van der Waals surface area contributed by atoms with E-state index in [-0.39, 0.29) is 5.91 Å². The molecular weight excluding hydrogens is 336 g/mol. The summed E-state index contributed by atoms with van der Waals surface area (Å²) in [7, 11) is 0. The topological polar surface area (TPSA) is 86.7 Å². The summed E-state index contributed by atoms with van der Waals surface area (Å²) in [5, 5.41) is 6.53. The van der Waals surface area contributed by atoms with Crippen LogP contribution >= 0.6 is 11.6 Å². The molecule has 0 saturated carbocycles. The van der Waals surface area contributed by atoms with Crippen molar-refractivity contribution >= 4 is 39.2 Å². The van der Waals surface area contributed by atoms with Crippen LogP contribution in [0.1, 0.15) is 10.4 Å². The summed E-state index contributed by atoms with van der Waals surface area (Å²) < 4.78 is 0. The molecule has 5 N–H and O–H groups in total. The summed E-state index contributed by atoms with van der Waals surface area (Å²) in [4.78, 5) is 18.6. The number of halogens is 1. The van der Waals surface area contributed by atoms with Crippen molar-refractivity contribution < 1.29 is 4.79 Å². The molecule has 0 fully saturated rings. The summed E-state index contributed by atoms with van der Waals surface area (Å²) in [5.41, 5.74) is 9.07. The van der Waals surface area contributed by atoms with Gasteiger partial charge in [-0.15, -0.1) is 0 Å². The van der Waals surface area contributed by atoms with Gasteiger partial charge in [0.25, 0.3) is 5.91 Å². The van der Waals surface area contributed by atoms with Crippen LogP contribution in [0, 0.1) is 0 Å². The predicted octanol–water partition coefficient (Wildman–Crippen LogP) is 3.66. The first-order chi connectivity index (χ1) is 12.2. The van der Waals surface area contributed by atoms with E-state index < -0.39 is 0 Å². The summed E-state index contributed by atoms with van der Waals surface area (Å²) in [6.45, 7) is 0.886. The largest absolute Gasteiger partial charge is 0.366 e. The van der Waals surface area contributed by atoms with Gasteiger partial charge in [0.05, 0.1) is 0 Å². The number of aromatic amines is 2. The Hall–Kier alpha value is -2.76. The molecule has 0 aliphatic rings. The van der Waals surface area contributed by atoms with Gasteiger partial charge < -0.3 is 21.0 Å². The lowest BCUT2D eigenvalue weighted by atomic mass is 10.1. The standard InChI is InChI=1S/C19H17ClN4O/c20-16-3-2-13(14-9-22-10-15(14)16)18-8-12-7-11(1-4-17(12)24-18)19(25)23-6-5-21/h1-4,7-10,22,24H,5-6,21H2,(H,23,25). The van der Waals surface area contributed by atoms with E-state index in [0.717, 1.165) is 38.0 Å². The van der Waals surface area contributed by atoms with Gasteiger partial charge in [-0.3, -0.25) is 4.79 Å². The van der Waals surface area contributed by atoms with Crippen molar-refractivity contribution in [3.63, 3.8) is 0 Å². The van der Waals surface area contributed by atoms with Crippen molar-refractivity contribution in [3.8, 4) is 11.3 Å². The Morgan fingerprint density at radius 3 is 2.80 bits per heavy atom. The van der Waals surface area contributed by atoms with Crippen LogP contribution in [0.4, 0.5) is 0 Å². The Balaban J connectivity index is 1.77. The van der Waals surface area contributed by atoms with Crippen molar-refractivity contribution in [1.82, 2.24) is 15.3 Å². The minimum Gasteiger partial charge on any atom is -0.366 e. The number of carbonyl (C=O) groups is 1. The van der Waals surface area contributed by atoms with Crippen LogP contribution in [0.15, 0.2) is 48.8 Å². The number of nitrogens with two attached hydrogens (primary N) is 1. The second-order valence-corrected chi connectivity index (χ2v) is 6.31. The van der Waals surface area contributed by atoms with E-state index in [4.69, 9.17) is 17.3 Å². The third-order valence-corrected chi connectivity index (χ3v) is 4.62. The lowest BCUT2D eigenvalue weighted by Gasteiger charge is -2.03. The lowest BCUT2D eigenvalue weighted by Crippen LogP contribution is -2.28. The molecule has 2 heterocycles. The SMILES string of the molecule is NCCNC(=O)c1ccc2[nH]c(-c3ccc(Cl)c4c[nH]cc34)cc2c1. The summed E-state index contributed by atoms with van der Waals surface area (Å²) in [5.74, 6) is -0.116. The number of nitrogens with one attached hydrogen (secondary N) is 3. The fourth-order valence-corrected chi connectivity index (χ4v) is 3.28. The predicted molar refractivity (Wildman–Crippen MR) is 102 cm³/mol. The highest BCUT2D eigenvalue weighted by Gasteiger charge is 2.12. The maximum Gasteiger partial charge on any atom is 0.251 e. The van der Waals surface area contributed by atoms with E-state index in [0.29, 0.717) is 18.7 Å². The number of carbonyl (C=O) groups excluding carboxylic acids is 1. The van der Waals surface area contributed by atoms with E-state index in [1.807, 2.05) is 48.8 Å². The molecule has 0 aliphatic carbocycles. The summed E-state index contributed by atoms with van der Waals surface area (Å²) in [6.07, 6.45) is 3.83. The van der Waals surface area contributed by atoms with Crippen molar-refractivity contribution in [2.24, 2.45) is 5.73 Å². The minimum atomic E-state index is -0.116. The molecule has 0 saturated heterocycles. The zero-order valence-electron chi connectivity index (χ0n) is 13.4. The van der Waals surface area contributed by atoms with Gasteiger partial charge >= 0.3 is 0 Å².